The van der Waals surface area contributed by atoms with Crippen molar-refractivity contribution in [1.29, 1.82) is 0 Å². The highest BCUT2D eigenvalue weighted by Crippen LogP contribution is 2.54. The highest BCUT2D eigenvalue weighted by molar-refractivity contribution is 6.10. The summed E-state index contributed by atoms with van der Waals surface area (Å²) in [5, 5.41) is 2.56. The van der Waals surface area contributed by atoms with E-state index in [1.807, 2.05) is 12.4 Å². The molecule has 12 rings (SSSR count). The maximum atomic E-state index is 5.03. The second-order valence-corrected chi connectivity index (χ2v) is 17.9. The lowest BCUT2D eigenvalue weighted by atomic mass is 9.73. The van der Waals surface area contributed by atoms with Gasteiger partial charge in [0.1, 0.15) is 0 Å². The van der Waals surface area contributed by atoms with E-state index in [1.165, 1.54) is 66.4 Å². The van der Waals surface area contributed by atoms with E-state index in [4.69, 9.17) is 9.97 Å². The molecule has 0 atom stereocenters. The number of hydrogen-bond donors (Lipinski definition) is 0. The van der Waals surface area contributed by atoms with Crippen molar-refractivity contribution in [2.24, 2.45) is 0 Å². The van der Waals surface area contributed by atoms with E-state index < -0.39 is 0 Å². The van der Waals surface area contributed by atoms with Gasteiger partial charge in [0.05, 0.1) is 11.0 Å². The Kier molecular flexibility index (Phi) is 10.3. The van der Waals surface area contributed by atoms with E-state index in [2.05, 4.69) is 243 Å². The monoisotopic (exact) mass is 871 g/mol. The minimum atomic E-state index is -0.106. The molecule has 3 nitrogen and oxygen atoms in total. The second kappa shape index (κ2) is 17.1. The fraction of sp³-hybridized carbons (Fsp3) is 0.0769. The van der Waals surface area contributed by atoms with E-state index in [9.17, 15) is 0 Å². The van der Waals surface area contributed by atoms with Crippen molar-refractivity contribution in [1.82, 2.24) is 14.5 Å². The van der Waals surface area contributed by atoms with Crippen LogP contribution in [0.4, 0.5) is 0 Å². The number of para-hydroxylation sites is 2. The fourth-order valence-electron chi connectivity index (χ4n) is 11.1. The topological polar surface area (TPSA) is 30.7 Å². The molecule has 1 aliphatic carbocycles. The second-order valence-electron chi connectivity index (χ2n) is 17.9. The normalized spacial score (nSPS) is 12.7. The van der Waals surface area contributed by atoms with Gasteiger partial charge in [-0.25, -0.2) is 9.97 Å². The van der Waals surface area contributed by atoms with Gasteiger partial charge in [-0.05, 0) is 127 Å². The molecular weight excluding hydrogens is 823 g/mol. The number of nitrogens with zero attached hydrogens (tertiary/aromatic N) is 3. The van der Waals surface area contributed by atoms with Gasteiger partial charge in [0.25, 0.3) is 0 Å². The number of fused-ring (bicyclic) bond motifs is 6. The Labute approximate surface area is 398 Å². The minimum absolute atomic E-state index is 0.106. The van der Waals surface area contributed by atoms with Gasteiger partial charge in [-0.15, -0.1) is 0 Å². The zero-order valence-electron chi connectivity index (χ0n) is 38.3. The summed E-state index contributed by atoms with van der Waals surface area (Å²) < 4.78 is 2.44. The molecular formula is C65H49N3. The van der Waals surface area contributed by atoms with Crippen LogP contribution in [0.25, 0.3) is 106 Å². The molecule has 2 heterocycles. The average Bonchev–Trinajstić information content (AvgIpc) is 3.90. The fourth-order valence-corrected chi connectivity index (χ4v) is 11.1. The van der Waals surface area contributed by atoms with Crippen LogP contribution in [0.3, 0.4) is 0 Å². The first-order valence-electron chi connectivity index (χ1n) is 23.8. The van der Waals surface area contributed by atoms with E-state index in [0.717, 1.165) is 57.3 Å². The van der Waals surface area contributed by atoms with Crippen molar-refractivity contribution < 1.29 is 0 Å². The standard InChI is InChI=1S/C65H49N3/c1-3-65(4-2)57-39-44(33-36-51(57)52-37-35-50(40-58(52)65)68-59-31-19-17-29-53(59)54-30-18-20-32-60(54)68)34-38-61-66-42-49(43-67-61)56-41-55(45-21-9-5-10-22-45)62(46-23-11-6-12-24-46)64(48-27-15-8-16-28-48)63(56)47-25-13-7-14-26-47/h5-43H,3-4H2,1-2H3/b38-34+. The van der Waals surface area contributed by atoms with Crippen LogP contribution < -0.4 is 0 Å². The molecule has 0 fully saturated rings. The van der Waals surface area contributed by atoms with Crippen LogP contribution in [0.1, 0.15) is 49.2 Å². The third-order valence-electron chi connectivity index (χ3n) is 14.4. The van der Waals surface area contributed by atoms with Crippen LogP contribution in [0.5, 0.6) is 0 Å². The molecule has 11 aromatic rings. The van der Waals surface area contributed by atoms with Gasteiger partial charge in [-0.3, -0.25) is 0 Å². The molecule has 1 aliphatic rings. The lowest BCUT2D eigenvalue weighted by Gasteiger charge is -2.30. The summed E-state index contributed by atoms with van der Waals surface area (Å²) >= 11 is 0. The number of aromatic nitrogens is 3. The summed E-state index contributed by atoms with van der Waals surface area (Å²) in [6.07, 6.45) is 10.2. The van der Waals surface area contributed by atoms with Gasteiger partial charge < -0.3 is 4.57 Å². The maximum absolute atomic E-state index is 5.03. The Balaban J connectivity index is 0.935. The van der Waals surface area contributed by atoms with Crippen LogP contribution in [0, 0.1) is 0 Å². The Bertz CT molecular complexity index is 3610. The zero-order valence-corrected chi connectivity index (χ0v) is 38.3. The van der Waals surface area contributed by atoms with Crippen LogP contribution in [-0.4, -0.2) is 14.5 Å². The largest absolute Gasteiger partial charge is 0.309 e. The Morgan fingerprint density at radius 3 is 1.40 bits per heavy atom. The summed E-state index contributed by atoms with van der Waals surface area (Å²) in [5.74, 6) is 0.666. The van der Waals surface area contributed by atoms with Crippen LogP contribution in [-0.2, 0) is 5.41 Å². The molecule has 68 heavy (non-hydrogen) atoms. The van der Waals surface area contributed by atoms with Crippen molar-refractivity contribution in [3.8, 4) is 72.4 Å². The van der Waals surface area contributed by atoms with E-state index in [-0.39, 0.29) is 5.41 Å². The Hall–Kier alpha value is -8.40. The van der Waals surface area contributed by atoms with Gasteiger partial charge in [0.2, 0.25) is 0 Å². The quantitative estimate of drug-likeness (QED) is 0.137. The first-order chi connectivity index (χ1) is 33.6. The molecule has 9 aromatic carbocycles. The molecule has 0 N–H and O–H groups in total. The van der Waals surface area contributed by atoms with E-state index in [1.54, 1.807) is 0 Å². The van der Waals surface area contributed by atoms with Crippen molar-refractivity contribution in [2.45, 2.75) is 32.1 Å². The van der Waals surface area contributed by atoms with Gasteiger partial charge in [-0.2, -0.15) is 0 Å². The molecule has 0 bridgehead atoms. The third-order valence-corrected chi connectivity index (χ3v) is 14.4. The molecule has 3 heteroatoms. The van der Waals surface area contributed by atoms with Gasteiger partial charge in [0.15, 0.2) is 5.82 Å². The Morgan fingerprint density at radius 1 is 0.397 bits per heavy atom. The van der Waals surface area contributed by atoms with Gasteiger partial charge >= 0.3 is 0 Å². The molecule has 0 amide bonds. The molecule has 0 saturated carbocycles. The molecule has 0 unspecified atom stereocenters. The van der Waals surface area contributed by atoms with E-state index >= 15 is 0 Å². The molecule has 0 spiro atoms. The Morgan fingerprint density at radius 2 is 0.853 bits per heavy atom. The van der Waals surface area contributed by atoms with Gasteiger partial charge in [-0.1, -0.05) is 202 Å². The lowest BCUT2D eigenvalue weighted by molar-refractivity contribution is 0.490. The van der Waals surface area contributed by atoms with Crippen LogP contribution >= 0.6 is 0 Å². The first kappa shape index (κ1) is 41.1. The van der Waals surface area contributed by atoms with Crippen LogP contribution in [0.2, 0.25) is 0 Å². The van der Waals surface area contributed by atoms with Crippen molar-refractivity contribution in [2.75, 3.05) is 0 Å². The summed E-state index contributed by atoms with van der Waals surface area (Å²) in [6, 6.07) is 77.1. The average molecular weight is 872 g/mol. The summed E-state index contributed by atoms with van der Waals surface area (Å²) in [6.45, 7) is 4.69. The first-order valence-corrected chi connectivity index (χ1v) is 23.8. The SMILES string of the molecule is CCC1(CC)c2cc(/C=C/c3ncc(-c4cc(-c5ccccc5)c(-c5ccccc5)c(-c5ccccc5)c4-c4ccccc4)cn3)ccc2-c2ccc(-n3c4ccccc4c4ccccc43)cc21. The summed E-state index contributed by atoms with van der Waals surface area (Å²) in [4.78, 5) is 10.1. The molecule has 324 valence electrons. The summed E-state index contributed by atoms with van der Waals surface area (Å²) in [7, 11) is 0. The molecule has 0 saturated heterocycles. The highest BCUT2D eigenvalue weighted by atomic mass is 15.0. The highest BCUT2D eigenvalue weighted by Gasteiger charge is 2.41. The summed E-state index contributed by atoms with van der Waals surface area (Å²) in [5.41, 5.74) is 21.5. The van der Waals surface area contributed by atoms with E-state index in [0.29, 0.717) is 5.82 Å². The minimum Gasteiger partial charge on any atom is -0.309 e. The number of hydrogen-bond acceptors (Lipinski definition) is 2. The van der Waals surface area contributed by atoms with Crippen molar-refractivity contribution in [3.05, 3.63) is 247 Å². The maximum Gasteiger partial charge on any atom is 0.151 e. The predicted molar refractivity (Wildman–Crippen MR) is 286 cm³/mol. The molecule has 0 radical (unpaired) electrons. The van der Waals surface area contributed by atoms with Gasteiger partial charge in [0, 0.05) is 39.8 Å². The third kappa shape index (κ3) is 6.81. The number of benzene rings is 9. The lowest BCUT2D eigenvalue weighted by Crippen LogP contribution is -2.23. The van der Waals surface area contributed by atoms with Crippen molar-refractivity contribution in [3.63, 3.8) is 0 Å². The van der Waals surface area contributed by atoms with Crippen LogP contribution in [0.15, 0.2) is 225 Å². The molecule has 2 aromatic heterocycles. The number of rotatable bonds is 10. The smallest absolute Gasteiger partial charge is 0.151 e. The predicted octanol–water partition coefficient (Wildman–Crippen LogP) is 17.2. The zero-order chi connectivity index (χ0) is 45.6. The van der Waals surface area contributed by atoms with Crippen molar-refractivity contribution >= 4 is 34.0 Å². The molecule has 0 aliphatic heterocycles.